The molecule has 19 heavy (non-hydrogen) atoms. The van der Waals surface area contributed by atoms with Crippen molar-refractivity contribution in [2.24, 2.45) is 0 Å². The zero-order chi connectivity index (χ0) is 11.9. The van der Waals surface area contributed by atoms with Crippen molar-refractivity contribution in [1.29, 1.82) is 0 Å². The predicted molar refractivity (Wildman–Crippen MR) is 83.9 cm³/mol. The Hall–Kier alpha value is -0.0969. The van der Waals surface area contributed by atoms with Crippen LogP contribution in [0.5, 0.6) is 0 Å². The number of hydrogen-bond donors (Lipinski definition) is 0. The topological polar surface area (TPSA) is 0 Å². The Balaban J connectivity index is 0.000000902. The average Bonchev–Trinajstić information content (AvgIpc) is 2.89. The van der Waals surface area contributed by atoms with Crippen molar-refractivity contribution in [2.45, 2.75) is 23.4 Å². The molecule has 0 aromatic heterocycles. The second-order valence-corrected chi connectivity index (χ2v) is 9.82. The van der Waals surface area contributed by atoms with Gasteiger partial charge in [-0.15, -0.1) is 24.8 Å². The van der Waals surface area contributed by atoms with Crippen LogP contribution in [0.1, 0.15) is 30.0 Å². The van der Waals surface area contributed by atoms with Gasteiger partial charge >= 0.3 is 115 Å². The molecule has 1 aromatic carbocycles. The van der Waals surface area contributed by atoms with Gasteiger partial charge in [0.05, 0.1) is 0 Å². The number of rotatable bonds is 2. The summed E-state index contributed by atoms with van der Waals surface area (Å²) in [4.78, 5) is 0. The molecular weight excluding hydrogens is 354 g/mol. The Kier molecular flexibility index (Phi) is 5.86. The van der Waals surface area contributed by atoms with Gasteiger partial charge in [-0.3, -0.25) is 0 Å². The van der Waals surface area contributed by atoms with Gasteiger partial charge in [0.1, 0.15) is 0 Å². The second-order valence-electron chi connectivity index (χ2n) is 5.08. The molecule has 0 heterocycles. The van der Waals surface area contributed by atoms with Gasteiger partial charge in [-0.05, 0) is 0 Å². The Morgan fingerprint density at radius 1 is 1.21 bits per heavy atom. The van der Waals surface area contributed by atoms with Crippen LogP contribution in [0.15, 0.2) is 45.8 Å². The maximum atomic E-state index is 2.45. The van der Waals surface area contributed by atoms with Gasteiger partial charge in [-0.1, -0.05) is 0 Å². The van der Waals surface area contributed by atoms with E-state index in [9.17, 15) is 0 Å². The first-order chi connectivity index (χ1) is 8.17. The van der Waals surface area contributed by atoms with Gasteiger partial charge in [0.25, 0.3) is 0 Å². The number of benzene rings is 1. The smallest absolute Gasteiger partial charge is 0.147 e. The molecule has 1 atom stereocenters. The van der Waals surface area contributed by atoms with Crippen LogP contribution in [-0.2, 0) is 26.4 Å². The minimum absolute atomic E-state index is 0. The van der Waals surface area contributed by atoms with Gasteiger partial charge in [0, 0.05) is 0 Å². The molecule has 3 rings (SSSR count). The first-order valence-electron chi connectivity index (χ1n) is 6.12. The number of fused-ring (bicyclic) bond motifs is 1. The van der Waals surface area contributed by atoms with E-state index in [1.54, 1.807) is 8.84 Å². The zero-order valence-corrected chi connectivity index (χ0v) is 15.2. The van der Waals surface area contributed by atoms with Crippen LogP contribution in [-0.4, -0.2) is 0 Å². The van der Waals surface area contributed by atoms with E-state index in [-0.39, 0.29) is 24.8 Å². The van der Waals surface area contributed by atoms with Crippen molar-refractivity contribution < 1.29 is 23.2 Å². The fraction of sp³-hybridized carbons (Fsp3) is 0.250. The summed E-state index contributed by atoms with van der Waals surface area (Å²) < 4.78 is 2.08. The van der Waals surface area contributed by atoms with Crippen LogP contribution >= 0.6 is 24.8 Å². The number of halogens is 2. The molecule has 1 unspecified atom stereocenters. The van der Waals surface area contributed by atoms with Crippen molar-refractivity contribution in [3.63, 3.8) is 0 Å². The molecule has 100 valence electrons. The van der Waals surface area contributed by atoms with E-state index in [0.717, 1.165) is 0 Å². The summed E-state index contributed by atoms with van der Waals surface area (Å²) in [6.07, 6.45) is 12.8. The Morgan fingerprint density at radius 3 is 2.68 bits per heavy atom. The van der Waals surface area contributed by atoms with Crippen molar-refractivity contribution in [1.82, 2.24) is 0 Å². The van der Waals surface area contributed by atoms with E-state index in [2.05, 4.69) is 62.4 Å². The Morgan fingerprint density at radius 2 is 2.00 bits per heavy atom. The Labute approximate surface area is 139 Å². The van der Waals surface area contributed by atoms with E-state index in [4.69, 9.17) is 0 Å². The van der Waals surface area contributed by atoms with Crippen molar-refractivity contribution in [3.8, 4) is 0 Å². The van der Waals surface area contributed by atoms with Crippen molar-refractivity contribution in [2.75, 3.05) is 0 Å². The molecule has 0 saturated carbocycles. The SMILES string of the molecule is Cc1ccc2c(c1)[C](C)([Zr][C]1=CC=CC1)C=C2.Cl.Cl. The number of aryl methyl sites for hydroxylation is 1. The van der Waals surface area contributed by atoms with Crippen LogP contribution in [0.3, 0.4) is 0 Å². The molecule has 0 aliphatic heterocycles. The van der Waals surface area contributed by atoms with Gasteiger partial charge < -0.3 is 0 Å². The van der Waals surface area contributed by atoms with Crippen LogP contribution in [0.4, 0.5) is 0 Å². The molecule has 0 amide bonds. The standard InChI is InChI=1S/C11H11.C5H5.2ClH.Zr/c1-8-3-5-10-6-4-9(2)11(10)7-8;1-2-4-5-3-1;;;/h3-7H,1-2H3;1-3H,4H2;2*1H;. The van der Waals surface area contributed by atoms with Crippen molar-refractivity contribution in [3.05, 3.63) is 62.5 Å². The van der Waals surface area contributed by atoms with Crippen LogP contribution in [0.25, 0.3) is 6.08 Å². The zero-order valence-electron chi connectivity index (χ0n) is 11.1. The third-order valence-corrected chi connectivity index (χ3v) is 7.61. The summed E-state index contributed by atoms with van der Waals surface area (Å²) >= 11 is -0.557. The van der Waals surface area contributed by atoms with Crippen molar-refractivity contribution >= 4 is 30.9 Å². The minimum atomic E-state index is -0.557. The summed E-state index contributed by atoms with van der Waals surface area (Å²) in [5.74, 6) is 0. The van der Waals surface area contributed by atoms with Gasteiger partial charge in [0.2, 0.25) is 0 Å². The first kappa shape index (κ1) is 17.0. The monoisotopic (exact) mass is 370 g/mol. The molecule has 0 saturated heterocycles. The third kappa shape index (κ3) is 3.32. The van der Waals surface area contributed by atoms with Crippen LogP contribution in [0.2, 0.25) is 0 Å². The molecule has 0 nitrogen and oxygen atoms in total. The molecular formula is C16H18Cl2Zr. The summed E-state index contributed by atoms with van der Waals surface area (Å²) in [6.45, 7) is 4.63. The summed E-state index contributed by atoms with van der Waals surface area (Å²) in [7, 11) is 0. The fourth-order valence-electron chi connectivity index (χ4n) is 2.59. The average molecular weight is 372 g/mol. The predicted octanol–water partition coefficient (Wildman–Crippen LogP) is 5.01. The minimum Gasteiger partial charge on any atom is -0.147 e. The fourth-order valence-corrected chi connectivity index (χ4v) is 6.49. The molecule has 0 fully saturated rings. The number of hydrogen-bond acceptors (Lipinski definition) is 0. The van der Waals surface area contributed by atoms with Gasteiger partial charge in [-0.25, -0.2) is 0 Å². The quantitative estimate of drug-likeness (QED) is 0.685. The van der Waals surface area contributed by atoms with Gasteiger partial charge in [-0.2, -0.15) is 0 Å². The van der Waals surface area contributed by atoms with Gasteiger partial charge in [0.15, 0.2) is 0 Å². The van der Waals surface area contributed by atoms with E-state index < -0.39 is 23.2 Å². The maximum absolute atomic E-state index is 2.45. The largest absolute Gasteiger partial charge is 0.147 e. The number of allylic oxidation sites excluding steroid dienone is 5. The first-order valence-corrected chi connectivity index (χ1v) is 8.57. The Bertz CT molecular complexity index is 558. The molecule has 2 aliphatic rings. The molecule has 2 aliphatic carbocycles. The molecule has 0 N–H and O–H groups in total. The molecule has 0 bridgehead atoms. The second kappa shape index (κ2) is 6.57. The molecule has 3 heteroatoms. The van der Waals surface area contributed by atoms with Crippen LogP contribution < -0.4 is 0 Å². The van der Waals surface area contributed by atoms with E-state index >= 15 is 0 Å². The van der Waals surface area contributed by atoms with E-state index in [1.807, 2.05) is 0 Å². The van der Waals surface area contributed by atoms with E-state index in [1.165, 1.54) is 17.5 Å². The normalized spacial score (nSPS) is 22.3. The summed E-state index contributed by atoms with van der Waals surface area (Å²) in [5, 5.41) is 0. The third-order valence-electron chi connectivity index (χ3n) is 3.56. The van der Waals surface area contributed by atoms with Crippen LogP contribution in [0, 0.1) is 6.92 Å². The molecule has 1 aromatic rings. The molecule has 0 radical (unpaired) electrons. The van der Waals surface area contributed by atoms with E-state index in [0.29, 0.717) is 3.12 Å². The summed E-state index contributed by atoms with van der Waals surface area (Å²) in [6, 6.07) is 6.88. The molecule has 0 spiro atoms. The summed E-state index contributed by atoms with van der Waals surface area (Å²) in [5.41, 5.74) is 4.39. The maximum Gasteiger partial charge on any atom is -0.147 e.